The third-order valence-corrected chi connectivity index (χ3v) is 3.99. The predicted octanol–water partition coefficient (Wildman–Crippen LogP) is 1.94. The van der Waals surface area contributed by atoms with Crippen molar-refractivity contribution in [3.8, 4) is 0 Å². The number of rotatable bonds is 1. The molecule has 1 aliphatic rings. The summed E-state index contributed by atoms with van der Waals surface area (Å²) in [6, 6.07) is 1.62. The molecule has 6 nitrogen and oxygen atoms in total. The van der Waals surface area contributed by atoms with Gasteiger partial charge >= 0.3 is 6.03 Å². The van der Waals surface area contributed by atoms with Crippen molar-refractivity contribution in [2.24, 2.45) is 0 Å². The van der Waals surface area contributed by atoms with Gasteiger partial charge in [-0.25, -0.2) is 9.78 Å². The molecular formula is C13H16BrClN4O2. The molecule has 8 heteroatoms. The molecule has 1 saturated heterocycles. The number of nitrogens with zero attached hydrogens (tertiary/aromatic N) is 4. The third-order valence-electron chi connectivity index (χ3n) is 3.26. The maximum Gasteiger partial charge on any atom is 0.319 e. The van der Waals surface area contributed by atoms with Crippen LogP contribution in [0.2, 0.25) is 5.15 Å². The molecule has 1 aromatic rings. The summed E-state index contributed by atoms with van der Waals surface area (Å²) in [4.78, 5) is 33.2. The van der Waals surface area contributed by atoms with Gasteiger partial charge in [0.1, 0.15) is 5.15 Å². The number of piperazine rings is 1. The molecule has 0 aliphatic carbocycles. The lowest BCUT2D eigenvalue weighted by atomic mass is 10.2. The fourth-order valence-corrected chi connectivity index (χ4v) is 2.64. The van der Waals surface area contributed by atoms with Gasteiger partial charge in [0.05, 0.1) is 5.56 Å². The molecule has 1 aliphatic heterocycles. The number of aromatic nitrogens is 1. The third kappa shape index (κ3) is 3.65. The molecule has 0 unspecified atom stereocenters. The summed E-state index contributed by atoms with van der Waals surface area (Å²) in [6.45, 7) is 2.01. The molecule has 2 rings (SSSR count). The Morgan fingerprint density at radius 3 is 2.38 bits per heavy atom. The molecule has 0 radical (unpaired) electrons. The van der Waals surface area contributed by atoms with Crippen LogP contribution in [0.25, 0.3) is 0 Å². The van der Waals surface area contributed by atoms with Gasteiger partial charge in [0.25, 0.3) is 5.91 Å². The van der Waals surface area contributed by atoms with E-state index in [-0.39, 0.29) is 17.1 Å². The van der Waals surface area contributed by atoms with E-state index in [4.69, 9.17) is 11.6 Å². The number of pyridine rings is 1. The van der Waals surface area contributed by atoms with E-state index in [1.54, 1.807) is 36.2 Å². The first-order valence-electron chi connectivity index (χ1n) is 6.46. The number of amides is 3. The lowest BCUT2D eigenvalue weighted by Gasteiger charge is -2.36. The Hall–Kier alpha value is -1.34. The van der Waals surface area contributed by atoms with E-state index in [1.165, 1.54) is 4.90 Å². The van der Waals surface area contributed by atoms with Gasteiger partial charge in [-0.3, -0.25) is 4.79 Å². The van der Waals surface area contributed by atoms with Crippen LogP contribution in [0.3, 0.4) is 0 Å². The van der Waals surface area contributed by atoms with Crippen molar-refractivity contribution in [1.82, 2.24) is 19.7 Å². The minimum absolute atomic E-state index is 0.0377. The van der Waals surface area contributed by atoms with Crippen LogP contribution in [0.1, 0.15) is 10.4 Å². The highest BCUT2D eigenvalue weighted by Gasteiger charge is 2.26. The fraction of sp³-hybridized carbons (Fsp3) is 0.462. The topological polar surface area (TPSA) is 56.8 Å². The van der Waals surface area contributed by atoms with Gasteiger partial charge in [-0.05, 0) is 22.0 Å². The zero-order valence-corrected chi connectivity index (χ0v) is 14.2. The number of urea groups is 1. The Labute approximate surface area is 136 Å². The van der Waals surface area contributed by atoms with E-state index < -0.39 is 0 Å². The first kappa shape index (κ1) is 16.0. The van der Waals surface area contributed by atoms with E-state index in [1.807, 2.05) is 0 Å². The van der Waals surface area contributed by atoms with Crippen molar-refractivity contribution in [1.29, 1.82) is 0 Å². The highest BCUT2D eigenvalue weighted by molar-refractivity contribution is 9.10. The summed E-state index contributed by atoms with van der Waals surface area (Å²) in [5.74, 6) is -0.161. The second-order valence-electron chi connectivity index (χ2n) is 4.95. The Bertz CT molecular complexity index is 559. The van der Waals surface area contributed by atoms with Crippen LogP contribution in [0.4, 0.5) is 4.79 Å². The van der Waals surface area contributed by atoms with E-state index in [2.05, 4.69) is 20.9 Å². The zero-order valence-electron chi connectivity index (χ0n) is 11.8. The lowest BCUT2D eigenvalue weighted by molar-refractivity contribution is 0.0650. The minimum atomic E-state index is -0.161. The summed E-state index contributed by atoms with van der Waals surface area (Å²) in [5.41, 5.74) is 0.374. The number of hydrogen-bond acceptors (Lipinski definition) is 3. The van der Waals surface area contributed by atoms with Crippen molar-refractivity contribution >= 4 is 39.5 Å². The van der Waals surface area contributed by atoms with Gasteiger partial charge in [-0.1, -0.05) is 11.6 Å². The number of carbonyl (C=O) groups excluding carboxylic acids is 2. The molecule has 2 heterocycles. The van der Waals surface area contributed by atoms with Crippen molar-refractivity contribution < 1.29 is 9.59 Å². The highest BCUT2D eigenvalue weighted by atomic mass is 79.9. The van der Waals surface area contributed by atoms with Crippen LogP contribution >= 0.6 is 27.5 Å². The normalized spacial score (nSPS) is 15.0. The Morgan fingerprint density at radius 2 is 1.81 bits per heavy atom. The molecule has 0 bridgehead atoms. The molecule has 0 atom stereocenters. The average molecular weight is 376 g/mol. The van der Waals surface area contributed by atoms with Crippen LogP contribution in [0.5, 0.6) is 0 Å². The van der Waals surface area contributed by atoms with Gasteiger partial charge in [-0.15, -0.1) is 0 Å². The van der Waals surface area contributed by atoms with Crippen molar-refractivity contribution in [2.75, 3.05) is 40.3 Å². The van der Waals surface area contributed by atoms with Crippen LogP contribution in [0, 0.1) is 0 Å². The Kier molecular flexibility index (Phi) is 5.05. The molecule has 0 aromatic carbocycles. The number of halogens is 2. The molecule has 1 fully saturated rings. The number of carbonyl (C=O) groups is 2. The molecule has 21 heavy (non-hydrogen) atoms. The molecule has 3 amide bonds. The van der Waals surface area contributed by atoms with Crippen molar-refractivity contribution in [3.05, 3.63) is 27.5 Å². The summed E-state index contributed by atoms with van der Waals surface area (Å²) < 4.78 is 0.705. The summed E-state index contributed by atoms with van der Waals surface area (Å²) in [7, 11) is 3.43. The lowest BCUT2D eigenvalue weighted by Crippen LogP contribution is -2.52. The predicted molar refractivity (Wildman–Crippen MR) is 83.5 cm³/mol. The maximum atomic E-state index is 12.4. The standard InChI is InChI=1S/C13H16BrClN4O2/c1-17(2)13(21)19-5-3-18(4-6-19)12(20)10-7-9(14)8-16-11(10)15/h7-8H,3-6H2,1-2H3. The second kappa shape index (κ2) is 6.62. The average Bonchev–Trinajstić information content (AvgIpc) is 2.48. The summed E-state index contributed by atoms with van der Waals surface area (Å²) in [5, 5.41) is 0.190. The van der Waals surface area contributed by atoms with Crippen molar-refractivity contribution in [2.45, 2.75) is 0 Å². The summed E-state index contributed by atoms with van der Waals surface area (Å²) >= 11 is 9.26. The van der Waals surface area contributed by atoms with Crippen molar-refractivity contribution in [3.63, 3.8) is 0 Å². The molecule has 0 spiro atoms. The maximum absolute atomic E-state index is 12.4. The van der Waals surface area contributed by atoms with Gasteiger partial charge in [0.2, 0.25) is 0 Å². The van der Waals surface area contributed by atoms with Crippen LogP contribution in [-0.2, 0) is 0 Å². The first-order valence-corrected chi connectivity index (χ1v) is 7.64. The quantitative estimate of drug-likeness (QED) is 0.705. The van der Waals surface area contributed by atoms with Gasteiger partial charge < -0.3 is 14.7 Å². The van der Waals surface area contributed by atoms with E-state index in [0.29, 0.717) is 36.2 Å². The Morgan fingerprint density at radius 1 is 1.24 bits per heavy atom. The fourth-order valence-electron chi connectivity index (χ4n) is 2.13. The van der Waals surface area contributed by atoms with E-state index in [9.17, 15) is 9.59 Å². The number of hydrogen-bond donors (Lipinski definition) is 0. The SMILES string of the molecule is CN(C)C(=O)N1CCN(C(=O)c2cc(Br)cnc2Cl)CC1. The minimum Gasteiger partial charge on any atom is -0.335 e. The van der Waals surface area contributed by atoms with Crippen LogP contribution < -0.4 is 0 Å². The first-order chi connectivity index (χ1) is 9.90. The molecule has 0 saturated carbocycles. The van der Waals surface area contributed by atoms with Gasteiger partial charge in [0.15, 0.2) is 0 Å². The Balaban J connectivity index is 2.03. The van der Waals surface area contributed by atoms with Gasteiger partial charge in [0, 0.05) is 50.9 Å². The van der Waals surface area contributed by atoms with Crippen LogP contribution in [0.15, 0.2) is 16.7 Å². The highest BCUT2D eigenvalue weighted by Crippen LogP contribution is 2.20. The largest absolute Gasteiger partial charge is 0.335 e. The smallest absolute Gasteiger partial charge is 0.319 e. The zero-order chi connectivity index (χ0) is 15.6. The molecule has 1 aromatic heterocycles. The van der Waals surface area contributed by atoms with Gasteiger partial charge in [-0.2, -0.15) is 0 Å². The molecule has 114 valence electrons. The molecule has 0 N–H and O–H groups in total. The second-order valence-corrected chi connectivity index (χ2v) is 6.22. The monoisotopic (exact) mass is 374 g/mol. The van der Waals surface area contributed by atoms with E-state index >= 15 is 0 Å². The van der Waals surface area contributed by atoms with Crippen LogP contribution in [-0.4, -0.2) is 71.9 Å². The van der Waals surface area contributed by atoms with E-state index in [0.717, 1.165) is 0 Å². The molecular weight excluding hydrogens is 360 g/mol. The summed E-state index contributed by atoms with van der Waals surface area (Å²) in [6.07, 6.45) is 1.55.